The van der Waals surface area contributed by atoms with Gasteiger partial charge in [-0.3, -0.25) is 4.79 Å². The van der Waals surface area contributed by atoms with Crippen molar-refractivity contribution in [2.45, 2.75) is 78.1 Å². The summed E-state index contributed by atoms with van der Waals surface area (Å²) in [6, 6.07) is 8.54. The highest BCUT2D eigenvalue weighted by Gasteiger charge is 2.31. The summed E-state index contributed by atoms with van der Waals surface area (Å²) in [5.41, 5.74) is 6.17. The molecule has 0 saturated heterocycles. The first-order valence-electron chi connectivity index (χ1n) is 12.5. The standard InChI is InChI=1S/C29H40N2O3/c1-17(19-13-21(28(3,4)5)26-23(15-19)30-9-11-33-26)25(32)18(2)20-14-22(29(6,7)8)27-24(16-20)31-10-12-34-27/h13-18,30-31H,9-12H2,1-8H3. The Hall–Kier alpha value is -2.69. The highest BCUT2D eigenvalue weighted by molar-refractivity contribution is 5.92. The maximum atomic E-state index is 13.8. The van der Waals surface area contributed by atoms with Crippen molar-refractivity contribution >= 4 is 17.2 Å². The molecule has 0 radical (unpaired) electrons. The number of ether oxygens (including phenoxy) is 2. The number of anilines is 2. The van der Waals surface area contributed by atoms with Crippen molar-refractivity contribution in [1.29, 1.82) is 0 Å². The van der Waals surface area contributed by atoms with Gasteiger partial charge in [0.2, 0.25) is 0 Å². The molecule has 0 aliphatic carbocycles. The molecule has 2 unspecified atom stereocenters. The van der Waals surface area contributed by atoms with Crippen LogP contribution in [0.15, 0.2) is 24.3 Å². The Morgan fingerprint density at radius 3 is 1.47 bits per heavy atom. The molecule has 5 nitrogen and oxygen atoms in total. The lowest BCUT2D eigenvalue weighted by Gasteiger charge is -2.31. The number of hydrogen-bond acceptors (Lipinski definition) is 5. The van der Waals surface area contributed by atoms with Crippen LogP contribution < -0.4 is 20.1 Å². The van der Waals surface area contributed by atoms with Gasteiger partial charge in [0, 0.05) is 36.1 Å². The molecule has 2 aliphatic heterocycles. The largest absolute Gasteiger partial charge is 0.489 e. The van der Waals surface area contributed by atoms with Crippen molar-refractivity contribution in [1.82, 2.24) is 0 Å². The van der Waals surface area contributed by atoms with Gasteiger partial charge in [0.25, 0.3) is 0 Å². The monoisotopic (exact) mass is 464 g/mol. The van der Waals surface area contributed by atoms with Gasteiger partial charge in [0.15, 0.2) is 0 Å². The van der Waals surface area contributed by atoms with Gasteiger partial charge in [0.05, 0.1) is 11.4 Å². The third-order valence-electron chi connectivity index (χ3n) is 7.02. The average molecular weight is 465 g/mol. The lowest BCUT2D eigenvalue weighted by Crippen LogP contribution is -2.25. The van der Waals surface area contributed by atoms with E-state index in [-0.39, 0.29) is 28.4 Å². The van der Waals surface area contributed by atoms with Crippen molar-refractivity contribution in [2.24, 2.45) is 0 Å². The SMILES string of the molecule is CC(C(=O)C(C)c1cc2c(c(C(C)(C)C)c1)OCCN2)c1cc2c(c(C(C)(C)C)c1)OCCN2. The minimum Gasteiger partial charge on any atom is -0.489 e. The van der Waals surface area contributed by atoms with Crippen LogP contribution >= 0.6 is 0 Å². The summed E-state index contributed by atoms with van der Waals surface area (Å²) >= 11 is 0. The van der Waals surface area contributed by atoms with E-state index in [4.69, 9.17) is 9.47 Å². The Kier molecular flexibility index (Phi) is 6.34. The molecule has 0 spiro atoms. The molecule has 2 heterocycles. The van der Waals surface area contributed by atoms with Crippen LogP contribution in [0.2, 0.25) is 0 Å². The zero-order valence-corrected chi connectivity index (χ0v) is 22.0. The number of rotatable bonds is 4. The van der Waals surface area contributed by atoms with Crippen molar-refractivity contribution < 1.29 is 14.3 Å². The molecule has 184 valence electrons. The first-order valence-corrected chi connectivity index (χ1v) is 12.5. The molecule has 0 bridgehead atoms. The summed E-state index contributed by atoms with van der Waals surface area (Å²) in [6.45, 7) is 20.1. The predicted molar refractivity (Wildman–Crippen MR) is 140 cm³/mol. The Balaban J connectivity index is 1.70. The van der Waals surface area contributed by atoms with Crippen LogP contribution in [0.1, 0.15) is 89.5 Å². The van der Waals surface area contributed by atoms with Gasteiger partial charge in [-0.15, -0.1) is 0 Å². The number of benzene rings is 2. The van der Waals surface area contributed by atoms with Crippen LogP contribution in [0.3, 0.4) is 0 Å². The molecule has 0 saturated carbocycles. The Bertz CT molecular complexity index is 1010. The molecule has 2 aromatic rings. The number of Topliss-reactive ketones (excluding diaryl/α,β-unsaturated/α-hetero) is 1. The van der Waals surface area contributed by atoms with Crippen molar-refractivity contribution in [2.75, 3.05) is 36.9 Å². The summed E-state index contributed by atoms with van der Waals surface area (Å²) in [7, 11) is 0. The molecular formula is C29H40N2O3. The summed E-state index contributed by atoms with van der Waals surface area (Å²) in [6.07, 6.45) is 0. The zero-order valence-electron chi connectivity index (χ0n) is 22.0. The van der Waals surface area contributed by atoms with Crippen molar-refractivity contribution in [3.8, 4) is 11.5 Å². The summed E-state index contributed by atoms with van der Waals surface area (Å²) in [5.74, 6) is 1.59. The average Bonchev–Trinajstić information content (AvgIpc) is 2.79. The van der Waals surface area contributed by atoms with Crippen LogP contribution in [0, 0.1) is 0 Å². The minimum absolute atomic E-state index is 0.0841. The van der Waals surface area contributed by atoms with Gasteiger partial charge in [-0.2, -0.15) is 0 Å². The lowest BCUT2D eigenvalue weighted by atomic mass is 9.79. The second-order valence-electron chi connectivity index (χ2n) is 11.8. The van der Waals surface area contributed by atoms with E-state index in [1.807, 2.05) is 13.8 Å². The summed E-state index contributed by atoms with van der Waals surface area (Å²) in [5, 5.41) is 6.94. The third kappa shape index (κ3) is 4.62. The molecule has 2 atom stereocenters. The molecule has 4 rings (SSSR count). The summed E-state index contributed by atoms with van der Waals surface area (Å²) in [4.78, 5) is 13.8. The second kappa shape index (κ2) is 8.83. The summed E-state index contributed by atoms with van der Waals surface area (Å²) < 4.78 is 12.0. The number of hydrogen-bond donors (Lipinski definition) is 2. The molecule has 0 aromatic heterocycles. The van der Waals surface area contributed by atoms with Crippen LogP contribution in [0.5, 0.6) is 11.5 Å². The Morgan fingerprint density at radius 2 is 1.12 bits per heavy atom. The number of nitrogens with one attached hydrogen (secondary N) is 2. The molecule has 5 heteroatoms. The molecular weight excluding hydrogens is 424 g/mol. The number of carbonyl (C=O) groups excluding carboxylic acids is 1. The van der Waals surface area contributed by atoms with E-state index in [1.54, 1.807) is 0 Å². The van der Waals surface area contributed by atoms with E-state index in [2.05, 4.69) is 76.4 Å². The van der Waals surface area contributed by atoms with Gasteiger partial charge < -0.3 is 20.1 Å². The fourth-order valence-electron chi connectivity index (χ4n) is 4.87. The minimum atomic E-state index is -0.233. The van der Waals surface area contributed by atoms with Gasteiger partial charge in [-0.25, -0.2) is 0 Å². The van der Waals surface area contributed by atoms with Crippen LogP contribution in [-0.2, 0) is 15.6 Å². The van der Waals surface area contributed by atoms with Gasteiger partial charge >= 0.3 is 0 Å². The molecule has 0 fully saturated rings. The predicted octanol–water partition coefficient (Wildman–Crippen LogP) is 6.37. The van der Waals surface area contributed by atoms with Crippen molar-refractivity contribution in [3.05, 3.63) is 46.5 Å². The molecule has 2 aliphatic rings. The number of carbonyl (C=O) groups is 1. The number of ketones is 1. The van der Waals surface area contributed by atoms with Crippen LogP contribution in [0.25, 0.3) is 0 Å². The maximum Gasteiger partial charge on any atom is 0.147 e. The highest BCUT2D eigenvalue weighted by atomic mass is 16.5. The molecule has 34 heavy (non-hydrogen) atoms. The van der Waals surface area contributed by atoms with Gasteiger partial charge in [0.1, 0.15) is 30.5 Å². The first-order chi connectivity index (χ1) is 15.9. The Labute approximate surface area is 204 Å². The quantitative estimate of drug-likeness (QED) is 0.551. The third-order valence-corrected chi connectivity index (χ3v) is 7.02. The van der Waals surface area contributed by atoms with E-state index in [0.717, 1.165) is 58.2 Å². The molecule has 2 aromatic carbocycles. The van der Waals surface area contributed by atoms with E-state index in [1.165, 1.54) is 0 Å². The fraction of sp³-hybridized carbons (Fsp3) is 0.552. The van der Waals surface area contributed by atoms with Gasteiger partial charge in [-0.05, 0) is 34.1 Å². The van der Waals surface area contributed by atoms with E-state index in [0.29, 0.717) is 13.2 Å². The lowest BCUT2D eigenvalue weighted by molar-refractivity contribution is -0.121. The first kappa shape index (κ1) is 24.4. The normalized spacial score (nSPS) is 17.2. The van der Waals surface area contributed by atoms with E-state index in [9.17, 15) is 4.79 Å². The van der Waals surface area contributed by atoms with Crippen LogP contribution in [-0.4, -0.2) is 32.1 Å². The molecule has 2 N–H and O–H groups in total. The topological polar surface area (TPSA) is 59.6 Å². The van der Waals surface area contributed by atoms with Gasteiger partial charge in [-0.1, -0.05) is 67.5 Å². The molecule has 0 amide bonds. The smallest absolute Gasteiger partial charge is 0.147 e. The maximum absolute atomic E-state index is 13.8. The van der Waals surface area contributed by atoms with Crippen LogP contribution in [0.4, 0.5) is 11.4 Å². The fourth-order valence-corrected chi connectivity index (χ4v) is 4.87. The zero-order chi connectivity index (χ0) is 24.8. The van der Waals surface area contributed by atoms with E-state index >= 15 is 0 Å². The highest BCUT2D eigenvalue weighted by Crippen LogP contribution is 2.44. The van der Waals surface area contributed by atoms with Crippen molar-refractivity contribution in [3.63, 3.8) is 0 Å². The second-order valence-corrected chi connectivity index (χ2v) is 11.8. The van der Waals surface area contributed by atoms with E-state index < -0.39 is 0 Å². The Morgan fingerprint density at radius 1 is 0.735 bits per heavy atom. The number of fused-ring (bicyclic) bond motifs is 2.